The Labute approximate surface area is 129 Å². The second-order valence-electron chi connectivity index (χ2n) is 5.90. The van der Waals surface area contributed by atoms with Gasteiger partial charge in [-0.05, 0) is 44.4 Å². The van der Waals surface area contributed by atoms with Crippen LogP contribution < -0.4 is 4.90 Å². The lowest BCUT2D eigenvalue weighted by molar-refractivity contribution is -0.141. The first-order chi connectivity index (χ1) is 9.99. The van der Waals surface area contributed by atoms with E-state index in [1.54, 1.807) is 9.80 Å². The van der Waals surface area contributed by atoms with Gasteiger partial charge in [0.1, 0.15) is 6.04 Å². The lowest BCUT2D eigenvalue weighted by Gasteiger charge is -2.39. The van der Waals surface area contributed by atoms with Gasteiger partial charge in [-0.1, -0.05) is 17.7 Å². The van der Waals surface area contributed by atoms with E-state index in [1.807, 2.05) is 32.0 Å². The highest BCUT2D eigenvalue weighted by Crippen LogP contribution is 2.33. The van der Waals surface area contributed by atoms with Gasteiger partial charge in [0.05, 0.1) is 0 Å². The second kappa shape index (κ2) is 5.34. The van der Waals surface area contributed by atoms with E-state index in [1.165, 1.54) is 0 Å². The van der Waals surface area contributed by atoms with Gasteiger partial charge in [0, 0.05) is 29.7 Å². The number of piperazine rings is 1. The van der Waals surface area contributed by atoms with Crippen LogP contribution in [0, 0.1) is 12.8 Å². The average molecular weight is 307 g/mol. The first-order valence-corrected chi connectivity index (χ1v) is 7.75. The van der Waals surface area contributed by atoms with Crippen molar-refractivity contribution in [3.63, 3.8) is 0 Å². The summed E-state index contributed by atoms with van der Waals surface area (Å²) in [5, 5.41) is 0.618. The maximum absolute atomic E-state index is 12.6. The van der Waals surface area contributed by atoms with Crippen LogP contribution in [-0.4, -0.2) is 35.8 Å². The van der Waals surface area contributed by atoms with Crippen molar-refractivity contribution >= 4 is 29.1 Å². The van der Waals surface area contributed by atoms with Crippen LogP contribution in [0.2, 0.25) is 5.02 Å². The Morgan fingerprint density at radius 3 is 2.67 bits per heavy atom. The van der Waals surface area contributed by atoms with Gasteiger partial charge in [-0.3, -0.25) is 9.59 Å². The van der Waals surface area contributed by atoms with Crippen molar-refractivity contribution in [2.24, 2.45) is 5.92 Å². The minimum Gasteiger partial charge on any atom is -0.329 e. The molecule has 21 heavy (non-hydrogen) atoms. The summed E-state index contributed by atoms with van der Waals surface area (Å²) in [5.41, 5.74) is 1.86. The zero-order valence-corrected chi connectivity index (χ0v) is 13.1. The second-order valence-corrected chi connectivity index (χ2v) is 6.34. The van der Waals surface area contributed by atoms with Crippen LogP contribution in [-0.2, 0) is 9.59 Å². The van der Waals surface area contributed by atoms with Crippen molar-refractivity contribution in [3.05, 3.63) is 28.8 Å². The van der Waals surface area contributed by atoms with E-state index in [0.29, 0.717) is 18.1 Å². The quantitative estimate of drug-likeness (QED) is 0.843. The van der Waals surface area contributed by atoms with Crippen LogP contribution in [0.15, 0.2) is 18.2 Å². The molecule has 1 aliphatic heterocycles. The Kier molecular flexibility index (Phi) is 3.66. The van der Waals surface area contributed by atoms with E-state index in [9.17, 15) is 9.59 Å². The number of carbonyl (C=O) groups is 2. The number of carbonyl (C=O) groups excluding carboxylic acids is 2. The van der Waals surface area contributed by atoms with Gasteiger partial charge in [0.25, 0.3) is 0 Å². The number of halogens is 1. The van der Waals surface area contributed by atoms with E-state index in [-0.39, 0.29) is 17.7 Å². The van der Waals surface area contributed by atoms with Crippen LogP contribution in [0.3, 0.4) is 0 Å². The molecule has 2 fully saturated rings. The monoisotopic (exact) mass is 306 g/mol. The third-order valence-electron chi connectivity index (χ3n) is 4.33. The molecule has 2 amide bonds. The van der Waals surface area contributed by atoms with Gasteiger partial charge in [-0.25, -0.2) is 0 Å². The number of hydrogen-bond acceptors (Lipinski definition) is 2. The molecular formula is C16H19ClN2O2. The third-order valence-corrected chi connectivity index (χ3v) is 4.56. The van der Waals surface area contributed by atoms with E-state index < -0.39 is 6.04 Å². The molecule has 5 heteroatoms. The predicted molar refractivity (Wildman–Crippen MR) is 82.4 cm³/mol. The van der Waals surface area contributed by atoms with Crippen molar-refractivity contribution in [1.29, 1.82) is 0 Å². The van der Waals surface area contributed by atoms with Crippen molar-refractivity contribution < 1.29 is 9.59 Å². The van der Waals surface area contributed by atoms with Crippen LogP contribution >= 0.6 is 11.6 Å². The molecule has 0 bridgehead atoms. The number of amides is 2. The molecule has 1 heterocycles. The SMILES string of the molecule is Cc1ccc(Cl)cc1N1CCN(C(=O)C2CC2)C(C)C1=O. The van der Waals surface area contributed by atoms with Crippen molar-refractivity contribution in [3.8, 4) is 0 Å². The largest absolute Gasteiger partial charge is 0.329 e. The average Bonchev–Trinajstić information content (AvgIpc) is 3.29. The van der Waals surface area contributed by atoms with Gasteiger partial charge < -0.3 is 9.80 Å². The summed E-state index contributed by atoms with van der Waals surface area (Å²) in [6.07, 6.45) is 1.93. The fraction of sp³-hybridized carbons (Fsp3) is 0.500. The Morgan fingerprint density at radius 2 is 2.00 bits per heavy atom. The summed E-state index contributed by atoms with van der Waals surface area (Å²) in [4.78, 5) is 28.3. The Bertz CT molecular complexity index is 598. The molecule has 1 aliphatic carbocycles. The van der Waals surface area contributed by atoms with Gasteiger partial charge in [-0.15, -0.1) is 0 Å². The van der Waals surface area contributed by atoms with Crippen LogP contribution in [0.4, 0.5) is 5.69 Å². The molecule has 112 valence electrons. The molecular weight excluding hydrogens is 288 g/mol. The molecule has 0 N–H and O–H groups in total. The lowest BCUT2D eigenvalue weighted by Crippen LogP contribution is -2.58. The first kappa shape index (κ1) is 14.4. The summed E-state index contributed by atoms with van der Waals surface area (Å²) < 4.78 is 0. The standard InChI is InChI=1S/C16H19ClN2O2/c1-10-3-6-13(17)9-14(10)19-8-7-18(11(2)15(19)20)16(21)12-4-5-12/h3,6,9,11-12H,4-5,7-8H2,1-2H3. The summed E-state index contributed by atoms with van der Waals surface area (Å²) in [7, 11) is 0. The number of nitrogens with zero attached hydrogens (tertiary/aromatic N) is 2. The molecule has 0 radical (unpaired) electrons. The molecule has 3 rings (SSSR count). The summed E-state index contributed by atoms with van der Waals surface area (Å²) in [6.45, 7) is 4.90. The number of benzene rings is 1. The first-order valence-electron chi connectivity index (χ1n) is 7.37. The Morgan fingerprint density at radius 1 is 1.29 bits per heavy atom. The van der Waals surface area contributed by atoms with E-state index in [4.69, 9.17) is 11.6 Å². The molecule has 0 aromatic heterocycles. The molecule has 1 aromatic rings. The van der Waals surface area contributed by atoms with Crippen LogP contribution in [0.5, 0.6) is 0 Å². The maximum atomic E-state index is 12.6. The Hall–Kier alpha value is -1.55. The normalized spacial score (nSPS) is 22.6. The molecule has 4 nitrogen and oxygen atoms in total. The molecule has 0 spiro atoms. The molecule has 1 atom stereocenters. The molecule has 2 aliphatic rings. The molecule has 1 unspecified atom stereocenters. The number of anilines is 1. The summed E-state index contributed by atoms with van der Waals surface area (Å²) in [5.74, 6) is 0.263. The van der Waals surface area contributed by atoms with E-state index in [0.717, 1.165) is 24.1 Å². The third kappa shape index (κ3) is 2.64. The maximum Gasteiger partial charge on any atom is 0.249 e. The van der Waals surface area contributed by atoms with Gasteiger partial charge in [0.2, 0.25) is 11.8 Å². The van der Waals surface area contributed by atoms with E-state index in [2.05, 4.69) is 0 Å². The summed E-state index contributed by atoms with van der Waals surface area (Å²) >= 11 is 6.05. The number of aryl methyl sites for hydroxylation is 1. The zero-order valence-electron chi connectivity index (χ0n) is 12.3. The highest BCUT2D eigenvalue weighted by atomic mass is 35.5. The lowest BCUT2D eigenvalue weighted by atomic mass is 10.1. The van der Waals surface area contributed by atoms with Crippen molar-refractivity contribution in [2.45, 2.75) is 32.7 Å². The van der Waals surface area contributed by atoms with Gasteiger partial charge in [-0.2, -0.15) is 0 Å². The van der Waals surface area contributed by atoms with Crippen LogP contribution in [0.25, 0.3) is 0 Å². The fourth-order valence-corrected chi connectivity index (χ4v) is 3.02. The Balaban J connectivity index is 1.82. The highest BCUT2D eigenvalue weighted by Gasteiger charge is 2.41. The molecule has 1 saturated heterocycles. The van der Waals surface area contributed by atoms with Crippen LogP contribution in [0.1, 0.15) is 25.3 Å². The van der Waals surface area contributed by atoms with Crippen molar-refractivity contribution in [1.82, 2.24) is 4.90 Å². The fourth-order valence-electron chi connectivity index (χ4n) is 2.85. The van der Waals surface area contributed by atoms with Crippen molar-refractivity contribution in [2.75, 3.05) is 18.0 Å². The smallest absolute Gasteiger partial charge is 0.249 e. The van der Waals surface area contributed by atoms with E-state index >= 15 is 0 Å². The number of rotatable bonds is 2. The topological polar surface area (TPSA) is 40.6 Å². The minimum absolute atomic E-state index is 0.0272. The molecule has 1 aromatic carbocycles. The minimum atomic E-state index is -0.398. The zero-order chi connectivity index (χ0) is 15.1. The summed E-state index contributed by atoms with van der Waals surface area (Å²) in [6, 6.07) is 5.16. The molecule has 1 saturated carbocycles. The predicted octanol–water partition coefficient (Wildman–Crippen LogP) is 2.62. The highest BCUT2D eigenvalue weighted by molar-refractivity contribution is 6.31. The number of hydrogen-bond donors (Lipinski definition) is 0. The van der Waals surface area contributed by atoms with Gasteiger partial charge >= 0.3 is 0 Å². The van der Waals surface area contributed by atoms with Gasteiger partial charge in [0.15, 0.2) is 0 Å².